The first-order chi connectivity index (χ1) is 28.1. The van der Waals surface area contributed by atoms with Crippen molar-refractivity contribution in [1.82, 2.24) is 4.57 Å². The molecule has 0 radical (unpaired) electrons. The fourth-order valence-corrected chi connectivity index (χ4v) is 10.0. The molecule has 11 aromatic rings. The number of aromatic nitrogens is 1. The Hall–Kier alpha value is -7.34. The van der Waals surface area contributed by atoms with Gasteiger partial charge in [0, 0.05) is 42.2 Å². The van der Waals surface area contributed by atoms with Crippen LogP contribution in [0.4, 0.5) is 5.69 Å². The molecule has 0 aliphatic rings. The molecule has 0 aliphatic carbocycles. The van der Waals surface area contributed by atoms with Gasteiger partial charge in [-0.25, -0.2) is 0 Å². The van der Waals surface area contributed by atoms with Crippen LogP contribution < -0.4 is 0 Å². The number of nitrogens with zero attached hydrogens (tertiary/aromatic N) is 2. The monoisotopic (exact) mass is 748 g/mol. The van der Waals surface area contributed by atoms with Crippen molar-refractivity contribution in [2.45, 2.75) is 0 Å². The first-order valence-electron chi connectivity index (χ1n) is 19.0. The molecule has 9 aromatic carbocycles. The second kappa shape index (κ2) is 13.2. The van der Waals surface area contributed by atoms with Gasteiger partial charge in [-0.1, -0.05) is 152 Å². The summed E-state index contributed by atoms with van der Waals surface area (Å²) in [6.45, 7) is 0. The lowest BCUT2D eigenvalue weighted by molar-refractivity contribution is -0.382. The van der Waals surface area contributed by atoms with E-state index in [2.05, 4.69) is 150 Å². The molecule has 11 rings (SSSR count). The summed E-state index contributed by atoms with van der Waals surface area (Å²) in [5, 5.41) is 18.8. The standard InChI is InChI=1S/C52H32N2O2S/c55-54(56)50-41-20-11-10-19-36(41)23-25-42(50)43-21-12-22-44-45-27-28-47-49(52(45)57-51(43)44)46-26-24-37(33-13-4-1-5-14-33)32-48(46)53(47)40-30-38(34-15-6-2-7-16-34)29-39(31-40)35-17-8-3-9-18-35/h1-32H. The van der Waals surface area contributed by atoms with Gasteiger partial charge in [0.2, 0.25) is 0 Å². The second-order valence-electron chi connectivity index (χ2n) is 14.5. The molecule has 0 aliphatic heterocycles. The highest BCUT2D eigenvalue weighted by atomic mass is 32.1. The van der Waals surface area contributed by atoms with Gasteiger partial charge in [0.25, 0.3) is 5.69 Å². The Morgan fingerprint density at radius 3 is 1.70 bits per heavy atom. The summed E-state index contributed by atoms with van der Waals surface area (Å²) in [7, 11) is 0. The molecular weight excluding hydrogens is 717 g/mol. The van der Waals surface area contributed by atoms with Gasteiger partial charge >= 0.3 is 0 Å². The molecule has 0 atom stereocenters. The zero-order chi connectivity index (χ0) is 38.0. The maximum Gasteiger partial charge on any atom is 0.284 e. The van der Waals surface area contributed by atoms with Crippen molar-refractivity contribution in [1.29, 1.82) is 0 Å². The van der Waals surface area contributed by atoms with E-state index in [1.165, 1.54) is 5.39 Å². The lowest BCUT2D eigenvalue weighted by Gasteiger charge is -2.14. The SMILES string of the molecule is O=[N+]([O-])c1c(-c2cccc3c2sc2c3ccc3c2c2ccc(-c4ccccc4)cc2n3-c2cc(-c3ccccc3)cc(-c3ccccc3)c2)ccc2ccccc12. The molecule has 2 aromatic heterocycles. The van der Waals surface area contributed by atoms with Gasteiger partial charge in [0.05, 0.1) is 26.9 Å². The maximum absolute atomic E-state index is 12.7. The van der Waals surface area contributed by atoms with E-state index >= 15 is 0 Å². The van der Waals surface area contributed by atoms with Gasteiger partial charge in [0.15, 0.2) is 0 Å². The van der Waals surface area contributed by atoms with Crippen LogP contribution in [0.2, 0.25) is 0 Å². The van der Waals surface area contributed by atoms with Crippen molar-refractivity contribution in [3.8, 4) is 50.2 Å². The van der Waals surface area contributed by atoms with E-state index in [4.69, 9.17) is 0 Å². The molecular formula is C52H32N2O2S. The highest BCUT2D eigenvalue weighted by molar-refractivity contribution is 7.27. The Morgan fingerprint density at radius 1 is 0.421 bits per heavy atom. The minimum absolute atomic E-state index is 0.140. The van der Waals surface area contributed by atoms with Crippen molar-refractivity contribution < 1.29 is 4.92 Å². The number of benzene rings is 9. The zero-order valence-corrected chi connectivity index (χ0v) is 31.4. The molecule has 0 bridgehead atoms. The van der Waals surface area contributed by atoms with Crippen LogP contribution in [-0.2, 0) is 0 Å². The van der Waals surface area contributed by atoms with E-state index in [9.17, 15) is 10.1 Å². The average molecular weight is 749 g/mol. The molecule has 0 N–H and O–H groups in total. The van der Waals surface area contributed by atoms with Crippen LogP contribution in [0, 0.1) is 10.1 Å². The van der Waals surface area contributed by atoms with Crippen LogP contribution in [0.1, 0.15) is 0 Å². The van der Waals surface area contributed by atoms with Crippen molar-refractivity contribution in [3.05, 3.63) is 204 Å². The van der Waals surface area contributed by atoms with Crippen LogP contribution in [0.3, 0.4) is 0 Å². The summed E-state index contributed by atoms with van der Waals surface area (Å²) < 4.78 is 4.63. The zero-order valence-electron chi connectivity index (χ0n) is 30.6. The van der Waals surface area contributed by atoms with Crippen LogP contribution in [-0.4, -0.2) is 9.49 Å². The fraction of sp³-hybridized carbons (Fsp3) is 0. The number of hydrogen-bond donors (Lipinski definition) is 0. The van der Waals surface area contributed by atoms with E-state index < -0.39 is 0 Å². The van der Waals surface area contributed by atoms with Gasteiger partial charge in [-0.05, 0) is 81.2 Å². The summed E-state index contributed by atoms with van der Waals surface area (Å²) >= 11 is 1.73. The number of thiophene rings is 1. The lowest BCUT2D eigenvalue weighted by atomic mass is 9.97. The minimum atomic E-state index is -0.229. The van der Waals surface area contributed by atoms with Crippen LogP contribution in [0.25, 0.3) is 103 Å². The van der Waals surface area contributed by atoms with E-state index in [1.54, 1.807) is 11.3 Å². The second-order valence-corrected chi connectivity index (χ2v) is 15.5. The molecule has 2 heterocycles. The van der Waals surface area contributed by atoms with E-state index in [1.807, 2.05) is 48.5 Å². The predicted molar refractivity (Wildman–Crippen MR) is 240 cm³/mol. The van der Waals surface area contributed by atoms with E-state index in [0.717, 1.165) is 86.6 Å². The molecule has 0 spiro atoms. The van der Waals surface area contributed by atoms with Crippen LogP contribution in [0.5, 0.6) is 0 Å². The summed E-state index contributed by atoms with van der Waals surface area (Å²) in [6.07, 6.45) is 0. The Morgan fingerprint density at radius 2 is 1.02 bits per heavy atom. The van der Waals surface area contributed by atoms with E-state index in [-0.39, 0.29) is 10.6 Å². The molecule has 57 heavy (non-hydrogen) atoms. The number of rotatable bonds is 6. The van der Waals surface area contributed by atoms with Crippen molar-refractivity contribution in [2.24, 2.45) is 0 Å². The molecule has 0 fully saturated rings. The molecule has 5 heteroatoms. The maximum atomic E-state index is 12.7. The lowest BCUT2D eigenvalue weighted by Crippen LogP contribution is -1.96. The van der Waals surface area contributed by atoms with Gasteiger partial charge in [0.1, 0.15) is 0 Å². The average Bonchev–Trinajstić information content (AvgIpc) is 3.82. The summed E-state index contributed by atoms with van der Waals surface area (Å²) in [6, 6.07) is 67.6. The molecule has 0 saturated heterocycles. The third kappa shape index (κ3) is 5.35. The molecule has 0 saturated carbocycles. The third-order valence-corrected chi connectivity index (χ3v) is 12.5. The molecule has 4 nitrogen and oxygen atoms in total. The van der Waals surface area contributed by atoms with Gasteiger partial charge in [-0.15, -0.1) is 11.3 Å². The van der Waals surface area contributed by atoms with E-state index in [0.29, 0.717) is 10.9 Å². The summed E-state index contributed by atoms with van der Waals surface area (Å²) in [5.41, 5.74) is 11.9. The molecule has 0 amide bonds. The third-order valence-electron chi connectivity index (χ3n) is 11.3. The van der Waals surface area contributed by atoms with Crippen LogP contribution >= 0.6 is 11.3 Å². The number of fused-ring (bicyclic) bond motifs is 8. The highest BCUT2D eigenvalue weighted by Gasteiger charge is 2.24. The summed E-state index contributed by atoms with van der Waals surface area (Å²) in [5.74, 6) is 0. The first-order valence-corrected chi connectivity index (χ1v) is 19.8. The Kier molecular flexibility index (Phi) is 7.62. The Balaban J connectivity index is 1.23. The van der Waals surface area contributed by atoms with Gasteiger partial charge < -0.3 is 4.57 Å². The summed E-state index contributed by atoms with van der Waals surface area (Å²) in [4.78, 5) is 12.5. The smallest absolute Gasteiger partial charge is 0.284 e. The normalized spacial score (nSPS) is 11.6. The fourth-order valence-electron chi connectivity index (χ4n) is 8.66. The predicted octanol–water partition coefficient (Wildman–Crippen LogP) is 14.9. The van der Waals surface area contributed by atoms with Crippen molar-refractivity contribution in [3.63, 3.8) is 0 Å². The molecule has 268 valence electrons. The van der Waals surface area contributed by atoms with Crippen molar-refractivity contribution >= 4 is 69.8 Å². The first kappa shape index (κ1) is 33.0. The number of nitro benzene ring substituents is 1. The number of nitro groups is 1. The quantitative estimate of drug-likeness (QED) is 0.126. The highest BCUT2D eigenvalue weighted by Crippen LogP contribution is 2.48. The number of hydrogen-bond acceptors (Lipinski definition) is 3. The Labute approximate surface area is 332 Å². The van der Waals surface area contributed by atoms with Gasteiger partial charge in [-0.2, -0.15) is 0 Å². The topological polar surface area (TPSA) is 48.1 Å². The minimum Gasteiger partial charge on any atom is -0.309 e. The van der Waals surface area contributed by atoms with Gasteiger partial charge in [-0.3, -0.25) is 10.1 Å². The van der Waals surface area contributed by atoms with Crippen LogP contribution in [0.15, 0.2) is 194 Å². The largest absolute Gasteiger partial charge is 0.309 e. The van der Waals surface area contributed by atoms with Crippen molar-refractivity contribution in [2.75, 3.05) is 0 Å². The molecule has 0 unspecified atom stereocenters. The Bertz CT molecular complexity index is 3310.